The van der Waals surface area contributed by atoms with Crippen LogP contribution in [0.2, 0.25) is 0 Å². The average molecular weight is 347 g/mol. The van der Waals surface area contributed by atoms with Gasteiger partial charge in [-0.1, -0.05) is 25.1 Å². The highest BCUT2D eigenvalue weighted by Crippen LogP contribution is 2.22. The molecule has 2 heterocycles. The van der Waals surface area contributed by atoms with Crippen molar-refractivity contribution in [2.45, 2.75) is 26.2 Å². The standard InChI is InChI=1S/C19H22N4O2/c1-14-6-5-9-22(12-14)17-10-18(24)21(2)19(25)23(17)13-16-8-4-3-7-15(16)11-20/h3-4,7-8,10,14H,5-6,9,12-13H2,1-2H3/t14-/m1/s1/i5D2,6D2,9D2,12D2,14D. The molecule has 0 aliphatic carbocycles. The van der Waals surface area contributed by atoms with Crippen LogP contribution >= 0.6 is 0 Å². The molecule has 1 atom stereocenters. The molecule has 6 heteroatoms. The molecule has 0 amide bonds. The molecule has 0 N–H and O–H groups in total. The van der Waals surface area contributed by atoms with Crippen LogP contribution in [0.25, 0.3) is 0 Å². The number of piperidine rings is 1. The third-order valence-electron chi connectivity index (χ3n) is 3.77. The van der Waals surface area contributed by atoms with Crippen LogP contribution in [0.5, 0.6) is 0 Å². The van der Waals surface area contributed by atoms with E-state index in [1.165, 1.54) is 12.1 Å². The summed E-state index contributed by atoms with van der Waals surface area (Å²) in [6.45, 7) is -6.29. The average Bonchev–Trinajstić information content (AvgIpc) is 2.73. The third-order valence-corrected chi connectivity index (χ3v) is 3.77. The number of benzene rings is 1. The zero-order valence-electron chi connectivity index (χ0n) is 22.7. The Hall–Kier alpha value is -2.81. The number of nitriles is 1. The maximum Gasteiger partial charge on any atom is 0.332 e. The predicted molar refractivity (Wildman–Crippen MR) is 96.8 cm³/mol. The van der Waals surface area contributed by atoms with Gasteiger partial charge in [0.15, 0.2) is 0 Å². The van der Waals surface area contributed by atoms with Crippen molar-refractivity contribution < 1.29 is 12.3 Å². The summed E-state index contributed by atoms with van der Waals surface area (Å²) in [7, 11) is 1.15. The summed E-state index contributed by atoms with van der Waals surface area (Å²) in [6.07, 6.45) is -6.77. The molecule has 2 aromatic rings. The molecule has 0 spiro atoms. The minimum atomic E-state index is -3.45. The van der Waals surface area contributed by atoms with E-state index in [9.17, 15) is 14.9 Å². The van der Waals surface area contributed by atoms with E-state index < -0.39 is 55.2 Å². The van der Waals surface area contributed by atoms with Crippen molar-refractivity contribution in [3.8, 4) is 6.07 Å². The summed E-state index contributed by atoms with van der Waals surface area (Å²) in [5, 5.41) is 9.40. The van der Waals surface area contributed by atoms with E-state index in [0.29, 0.717) is 4.57 Å². The molecule has 1 saturated heterocycles. The zero-order valence-corrected chi connectivity index (χ0v) is 13.7. The Morgan fingerprint density at radius 3 is 2.92 bits per heavy atom. The van der Waals surface area contributed by atoms with Crippen LogP contribution in [-0.2, 0) is 13.6 Å². The van der Waals surface area contributed by atoms with Gasteiger partial charge in [0.05, 0.1) is 18.2 Å². The highest BCUT2D eigenvalue weighted by molar-refractivity contribution is 5.42. The molecule has 25 heavy (non-hydrogen) atoms. The van der Waals surface area contributed by atoms with Crippen LogP contribution in [0, 0.1) is 17.2 Å². The quantitative estimate of drug-likeness (QED) is 0.847. The van der Waals surface area contributed by atoms with Gasteiger partial charge in [-0.05, 0) is 30.3 Å². The van der Waals surface area contributed by atoms with Gasteiger partial charge < -0.3 is 4.90 Å². The molecule has 130 valence electrons. The Bertz CT molecular complexity index is 1280. The minimum Gasteiger partial charge on any atom is -0.357 e. The first-order valence-electron chi connectivity index (χ1n) is 12.0. The zero-order chi connectivity index (χ0) is 26.1. The number of aromatic nitrogens is 2. The summed E-state index contributed by atoms with van der Waals surface area (Å²) in [6, 6.07) is 8.81. The maximum atomic E-state index is 13.1. The number of hydrogen-bond acceptors (Lipinski definition) is 4. The molecule has 1 fully saturated rings. The van der Waals surface area contributed by atoms with Gasteiger partial charge in [-0.15, -0.1) is 0 Å². The van der Waals surface area contributed by atoms with Gasteiger partial charge in [-0.3, -0.25) is 13.9 Å². The van der Waals surface area contributed by atoms with Crippen LogP contribution in [0.1, 0.15) is 43.1 Å². The summed E-state index contributed by atoms with van der Waals surface area (Å²) in [5.41, 5.74) is -1.49. The molecule has 0 bridgehead atoms. The van der Waals surface area contributed by atoms with Gasteiger partial charge >= 0.3 is 5.69 Å². The van der Waals surface area contributed by atoms with Crippen LogP contribution in [0.4, 0.5) is 5.82 Å². The van der Waals surface area contributed by atoms with E-state index in [-0.39, 0.29) is 16.0 Å². The normalized spacial score (nSPS) is 33.6. The van der Waals surface area contributed by atoms with Crippen molar-refractivity contribution in [2.75, 3.05) is 17.9 Å². The van der Waals surface area contributed by atoms with E-state index in [0.717, 1.165) is 24.6 Å². The second-order valence-corrected chi connectivity index (χ2v) is 5.47. The molecule has 0 saturated carbocycles. The topological polar surface area (TPSA) is 71.0 Å². The van der Waals surface area contributed by atoms with Gasteiger partial charge in [-0.2, -0.15) is 5.26 Å². The van der Waals surface area contributed by atoms with Crippen LogP contribution in [0.3, 0.4) is 0 Å². The van der Waals surface area contributed by atoms with Crippen molar-refractivity contribution in [1.82, 2.24) is 9.13 Å². The fourth-order valence-corrected chi connectivity index (χ4v) is 2.45. The monoisotopic (exact) mass is 347 g/mol. The van der Waals surface area contributed by atoms with Crippen molar-refractivity contribution in [3.05, 3.63) is 62.3 Å². The second kappa shape index (κ2) is 6.98. The summed E-state index contributed by atoms with van der Waals surface area (Å²) >= 11 is 0. The van der Waals surface area contributed by atoms with Gasteiger partial charge in [-0.25, -0.2) is 4.79 Å². The fraction of sp³-hybridized carbons (Fsp3) is 0.421. The summed E-state index contributed by atoms with van der Waals surface area (Å²) in [5.74, 6) is -3.57. The fourth-order valence-electron chi connectivity index (χ4n) is 2.45. The molecular weight excluding hydrogens is 316 g/mol. The Balaban J connectivity index is 2.42. The van der Waals surface area contributed by atoms with Crippen molar-refractivity contribution in [3.63, 3.8) is 0 Å². The Kier molecular flexibility index (Phi) is 2.52. The lowest BCUT2D eigenvalue weighted by atomic mass is 10.0. The number of nitrogens with zero attached hydrogens (tertiary/aromatic N) is 4. The summed E-state index contributed by atoms with van der Waals surface area (Å²) < 4.78 is 76.6. The van der Waals surface area contributed by atoms with Crippen molar-refractivity contribution in [1.29, 1.82) is 5.26 Å². The van der Waals surface area contributed by atoms with Gasteiger partial charge in [0.25, 0.3) is 5.56 Å². The molecule has 1 aliphatic rings. The first-order chi connectivity index (χ1) is 15.4. The Labute approximate surface area is 159 Å². The first kappa shape index (κ1) is 9.04. The lowest BCUT2D eigenvalue weighted by molar-refractivity contribution is 0.437. The second-order valence-electron chi connectivity index (χ2n) is 5.47. The molecule has 0 unspecified atom stereocenters. The van der Waals surface area contributed by atoms with Gasteiger partial charge in [0.1, 0.15) is 5.82 Å². The first-order valence-corrected chi connectivity index (χ1v) is 7.47. The molecule has 0 radical (unpaired) electrons. The minimum absolute atomic E-state index is 0.159. The largest absolute Gasteiger partial charge is 0.357 e. The molecule has 3 rings (SSSR count). The SMILES string of the molecule is [2H]C1([2H])N(c2cc(=O)n(C)c(=O)n2Cc2ccccc2C#N)C([2H])([2H])[C@]([2H])(C)C([2H])([2H])C1([2H])[2H]. The Morgan fingerprint density at radius 1 is 1.40 bits per heavy atom. The maximum absolute atomic E-state index is 13.1. The summed E-state index contributed by atoms with van der Waals surface area (Å²) in [4.78, 5) is 25.8. The van der Waals surface area contributed by atoms with Crippen molar-refractivity contribution >= 4 is 5.82 Å². The van der Waals surface area contributed by atoms with E-state index in [2.05, 4.69) is 0 Å². The van der Waals surface area contributed by atoms with Gasteiger partial charge in [0.2, 0.25) is 0 Å². The van der Waals surface area contributed by atoms with Crippen LogP contribution in [0.15, 0.2) is 39.9 Å². The van der Waals surface area contributed by atoms with Gasteiger partial charge in [0, 0.05) is 38.4 Å². The van der Waals surface area contributed by atoms with Crippen molar-refractivity contribution in [2.24, 2.45) is 12.9 Å². The number of rotatable bonds is 3. The third kappa shape index (κ3) is 3.36. The smallest absolute Gasteiger partial charge is 0.332 e. The highest BCUT2D eigenvalue weighted by Gasteiger charge is 2.21. The molecule has 1 aromatic heterocycles. The van der Waals surface area contributed by atoms with E-state index in [4.69, 9.17) is 12.3 Å². The lowest BCUT2D eigenvalue weighted by Gasteiger charge is -2.34. The highest BCUT2D eigenvalue weighted by atomic mass is 16.2. The van der Waals surface area contributed by atoms with E-state index in [1.807, 2.05) is 6.07 Å². The predicted octanol–water partition coefficient (Wildman–Crippen LogP) is 1.70. The number of hydrogen-bond donors (Lipinski definition) is 0. The molecule has 1 aliphatic heterocycles. The number of anilines is 1. The molecule has 6 nitrogen and oxygen atoms in total. The van der Waals surface area contributed by atoms with Crippen LogP contribution in [-0.4, -0.2) is 22.1 Å². The lowest BCUT2D eigenvalue weighted by Crippen LogP contribution is -2.44. The molecule has 1 aromatic carbocycles. The Morgan fingerprint density at radius 2 is 2.16 bits per heavy atom. The van der Waals surface area contributed by atoms with Crippen LogP contribution < -0.4 is 16.1 Å². The van der Waals surface area contributed by atoms with E-state index in [1.54, 1.807) is 12.1 Å². The van der Waals surface area contributed by atoms with E-state index >= 15 is 0 Å². The molecular formula is C19H22N4O2.